The molecule has 0 aliphatic carbocycles. The number of ether oxygens (including phenoxy) is 1. The molecule has 154 valence electrons. The number of alkyl halides is 2. The molecule has 11 heteroatoms. The molecule has 3 heterocycles. The van der Waals surface area contributed by atoms with Gasteiger partial charge in [0.05, 0.1) is 18.4 Å². The van der Waals surface area contributed by atoms with Gasteiger partial charge in [0.1, 0.15) is 23.7 Å². The van der Waals surface area contributed by atoms with Crippen molar-refractivity contribution in [3.8, 4) is 0 Å². The summed E-state index contributed by atoms with van der Waals surface area (Å²) in [5, 5.41) is 19.6. The lowest BCUT2D eigenvalue weighted by Gasteiger charge is -2.27. The van der Waals surface area contributed by atoms with Crippen molar-refractivity contribution in [3.05, 3.63) is 41.7 Å². The largest absolute Gasteiger partial charge is 0.495 e. The summed E-state index contributed by atoms with van der Waals surface area (Å²) in [7, 11) is 0. The maximum Gasteiger partial charge on any atom is 0.284 e. The Morgan fingerprint density at radius 3 is 3.07 bits per heavy atom. The quantitative estimate of drug-likeness (QED) is 0.583. The van der Waals surface area contributed by atoms with E-state index in [0.29, 0.717) is 19.0 Å². The Kier molecular flexibility index (Phi) is 6.37. The molecule has 0 radical (unpaired) electrons. The fourth-order valence-electron chi connectivity index (χ4n) is 2.89. The summed E-state index contributed by atoms with van der Waals surface area (Å²) >= 11 is 0. The lowest BCUT2D eigenvalue weighted by Crippen LogP contribution is -2.30. The van der Waals surface area contributed by atoms with Crippen molar-refractivity contribution in [1.29, 1.82) is 5.41 Å². The molecule has 9 nitrogen and oxygen atoms in total. The van der Waals surface area contributed by atoms with Gasteiger partial charge in [0.2, 0.25) is 0 Å². The average Bonchev–Trinajstić information content (AvgIpc) is 3.33. The second-order valence-corrected chi connectivity index (χ2v) is 6.16. The predicted molar refractivity (Wildman–Crippen MR) is 104 cm³/mol. The lowest BCUT2D eigenvalue weighted by atomic mass is 10.2. The summed E-state index contributed by atoms with van der Waals surface area (Å²) in [6.07, 6.45) is 7.25. The van der Waals surface area contributed by atoms with Crippen LogP contribution in [-0.4, -0.2) is 45.3 Å². The molecule has 2 aromatic rings. The number of aromatic amines is 1. The molecular weight excluding hydrogens is 384 g/mol. The summed E-state index contributed by atoms with van der Waals surface area (Å²) < 4.78 is 33.2. The summed E-state index contributed by atoms with van der Waals surface area (Å²) in [5.41, 5.74) is -0.439. The molecule has 1 aliphatic rings. The summed E-state index contributed by atoms with van der Waals surface area (Å²) in [5.74, 6) is 0.623. The Balaban J connectivity index is 1.96. The van der Waals surface area contributed by atoms with Crippen LogP contribution in [0.25, 0.3) is 6.20 Å². The van der Waals surface area contributed by atoms with Crippen LogP contribution in [0.4, 0.5) is 20.3 Å². The van der Waals surface area contributed by atoms with E-state index in [-0.39, 0.29) is 11.3 Å². The number of allylic oxidation sites excluding steroid dienone is 2. The summed E-state index contributed by atoms with van der Waals surface area (Å²) in [6.45, 7) is 2.94. The minimum Gasteiger partial charge on any atom is -0.495 e. The van der Waals surface area contributed by atoms with Gasteiger partial charge in [0, 0.05) is 31.2 Å². The zero-order valence-electron chi connectivity index (χ0n) is 15.7. The standard InChI is InChI=1S/C18H21F2N7O2/c1-2-4-12-11-26(7-8-29-12)18-13(9-23-27(18)6-3-5-21)17(28)24-14-10-22-25-15(14)16(19)20/h3,5-6,9-11,16,21H,2,4,7-8H2,1H3,(H,22,25)(H,24,28)/b6-3-,21-5?. The van der Waals surface area contributed by atoms with Crippen molar-refractivity contribution in [2.24, 2.45) is 0 Å². The van der Waals surface area contributed by atoms with E-state index < -0.39 is 18.0 Å². The first-order valence-electron chi connectivity index (χ1n) is 9.03. The second kappa shape index (κ2) is 9.13. The first kappa shape index (κ1) is 20.2. The second-order valence-electron chi connectivity index (χ2n) is 6.16. The van der Waals surface area contributed by atoms with Crippen LogP contribution in [0.15, 0.2) is 30.4 Å². The first-order chi connectivity index (χ1) is 14.0. The van der Waals surface area contributed by atoms with E-state index in [2.05, 4.69) is 20.6 Å². The van der Waals surface area contributed by atoms with Gasteiger partial charge in [-0.2, -0.15) is 10.2 Å². The van der Waals surface area contributed by atoms with Gasteiger partial charge in [-0.05, 0) is 12.5 Å². The van der Waals surface area contributed by atoms with Crippen molar-refractivity contribution in [2.45, 2.75) is 26.2 Å². The molecule has 0 fully saturated rings. The van der Waals surface area contributed by atoms with Crippen LogP contribution in [0.3, 0.4) is 0 Å². The highest BCUT2D eigenvalue weighted by atomic mass is 19.3. The van der Waals surface area contributed by atoms with E-state index in [1.54, 1.807) is 6.20 Å². The van der Waals surface area contributed by atoms with Crippen molar-refractivity contribution in [1.82, 2.24) is 20.0 Å². The van der Waals surface area contributed by atoms with Crippen LogP contribution in [0.2, 0.25) is 0 Å². The number of nitrogens with one attached hydrogen (secondary N) is 3. The molecule has 0 spiro atoms. The number of hydrogen-bond donors (Lipinski definition) is 3. The number of hydrogen-bond acceptors (Lipinski definition) is 6. The number of rotatable bonds is 8. The van der Waals surface area contributed by atoms with Gasteiger partial charge >= 0.3 is 0 Å². The van der Waals surface area contributed by atoms with Gasteiger partial charge in [-0.15, -0.1) is 0 Å². The van der Waals surface area contributed by atoms with Crippen LogP contribution in [0.1, 0.15) is 42.2 Å². The number of carbonyl (C=O) groups is 1. The fourth-order valence-corrected chi connectivity index (χ4v) is 2.89. The minimum absolute atomic E-state index is 0.0945. The van der Waals surface area contributed by atoms with Gasteiger partial charge < -0.3 is 20.4 Å². The minimum atomic E-state index is -2.83. The molecule has 0 unspecified atom stereocenters. The van der Waals surface area contributed by atoms with E-state index in [0.717, 1.165) is 24.8 Å². The summed E-state index contributed by atoms with van der Waals surface area (Å²) in [4.78, 5) is 14.7. The number of anilines is 2. The third kappa shape index (κ3) is 4.50. The van der Waals surface area contributed by atoms with E-state index in [1.165, 1.54) is 29.4 Å². The topological polar surface area (TPSA) is 112 Å². The molecule has 2 aromatic heterocycles. The van der Waals surface area contributed by atoms with Crippen molar-refractivity contribution in [3.63, 3.8) is 0 Å². The number of amides is 1. The molecule has 3 N–H and O–H groups in total. The van der Waals surface area contributed by atoms with Gasteiger partial charge in [-0.1, -0.05) is 6.92 Å². The van der Waals surface area contributed by atoms with Crippen LogP contribution in [0.5, 0.6) is 0 Å². The zero-order valence-corrected chi connectivity index (χ0v) is 15.7. The van der Waals surface area contributed by atoms with E-state index in [4.69, 9.17) is 10.1 Å². The van der Waals surface area contributed by atoms with Crippen molar-refractivity contribution < 1.29 is 18.3 Å². The Hall–Kier alpha value is -3.50. The Morgan fingerprint density at radius 1 is 1.52 bits per heavy atom. The monoisotopic (exact) mass is 405 g/mol. The molecule has 0 saturated carbocycles. The van der Waals surface area contributed by atoms with Gasteiger partial charge in [-0.25, -0.2) is 13.5 Å². The third-order valence-corrected chi connectivity index (χ3v) is 4.15. The molecule has 1 aliphatic heterocycles. The smallest absolute Gasteiger partial charge is 0.284 e. The van der Waals surface area contributed by atoms with Crippen molar-refractivity contribution >= 4 is 29.8 Å². The normalized spacial score (nSPS) is 14.2. The number of H-pyrrole nitrogens is 1. The first-order valence-corrected chi connectivity index (χ1v) is 9.03. The SMILES string of the molecule is CCCC1=CN(c2c(C(=O)Nc3c[nH]nc3C(F)F)cnn2/C=C\C=N)CCO1. The third-order valence-electron chi connectivity index (χ3n) is 4.15. The number of nitrogens with zero attached hydrogens (tertiary/aromatic N) is 4. The van der Waals surface area contributed by atoms with Crippen LogP contribution in [0, 0.1) is 5.41 Å². The highest BCUT2D eigenvalue weighted by Crippen LogP contribution is 2.28. The molecule has 0 aromatic carbocycles. The fraction of sp³-hybridized carbons (Fsp3) is 0.333. The zero-order chi connectivity index (χ0) is 20.8. The molecule has 0 atom stereocenters. The molecule has 1 amide bonds. The molecule has 0 saturated heterocycles. The van der Waals surface area contributed by atoms with Gasteiger partial charge in [0.15, 0.2) is 5.69 Å². The Labute approximate surface area is 165 Å². The lowest BCUT2D eigenvalue weighted by molar-refractivity contribution is 0.102. The maximum absolute atomic E-state index is 13.0. The van der Waals surface area contributed by atoms with Gasteiger partial charge in [0.25, 0.3) is 12.3 Å². The molecule has 0 bridgehead atoms. The van der Waals surface area contributed by atoms with Crippen LogP contribution < -0.4 is 10.2 Å². The maximum atomic E-state index is 13.0. The van der Waals surface area contributed by atoms with Gasteiger partial charge in [-0.3, -0.25) is 9.89 Å². The summed E-state index contributed by atoms with van der Waals surface area (Å²) in [6, 6.07) is 0. The molecule has 3 rings (SSSR count). The highest BCUT2D eigenvalue weighted by Gasteiger charge is 2.25. The predicted octanol–water partition coefficient (Wildman–Crippen LogP) is 3.39. The van der Waals surface area contributed by atoms with E-state index in [9.17, 15) is 13.6 Å². The Bertz CT molecular complexity index is 933. The number of carbonyl (C=O) groups excluding carboxylic acids is 1. The van der Waals surface area contributed by atoms with E-state index in [1.807, 2.05) is 11.8 Å². The van der Waals surface area contributed by atoms with Crippen molar-refractivity contribution in [2.75, 3.05) is 23.4 Å². The highest BCUT2D eigenvalue weighted by molar-refractivity contribution is 6.08. The molecular formula is C18H21F2N7O2. The Morgan fingerprint density at radius 2 is 2.34 bits per heavy atom. The number of halogens is 2. The van der Waals surface area contributed by atoms with Crippen LogP contribution in [-0.2, 0) is 4.74 Å². The van der Waals surface area contributed by atoms with Crippen LogP contribution >= 0.6 is 0 Å². The number of aromatic nitrogens is 4. The molecule has 29 heavy (non-hydrogen) atoms. The average molecular weight is 405 g/mol. The van der Waals surface area contributed by atoms with E-state index >= 15 is 0 Å².